The van der Waals surface area contributed by atoms with Crippen molar-refractivity contribution in [3.05, 3.63) is 303 Å². The molecule has 4 heteroatoms. The molecule has 0 atom stereocenters. The third-order valence-corrected chi connectivity index (χ3v) is 15.1. The van der Waals surface area contributed by atoms with E-state index in [-0.39, 0.29) is 0 Å². The minimum absolute atomic E-state index is 0.566. The fourth-order valence-electron chi connectivity index (χ4n) is 11.1. The molecule has 0 aliphatic carbocycles. The van der Waals surface area contributed by atoms with Gasteiger partial charge in [-0.3, -0.25) is 0 Å². The molecule has 0 saturated heterocycles. The van der Waals surface area contributed by atoms with Crippen molar-refractivity contribution < 1.29 is 0 Å². The zero-order valence-corrected chi connectivity index (χ0v) is 43.2. The lowest BCUT2D eigenvalue weighted by molar-refractivity contribution is 1.07. The van der Waals surface area contributed by atoms with Crippen LogP contribution >= 0.6 is 0 Å². The summed E-state index contributed by atoms with van der Waals surface area (Å²) >= 11 is 0. The summed E-state index contributed by atoms with van der Waals surface area (Å²) in [6.07, 6.45) is 0. The Morgan fingerprint density at radius 1 is 0.190 bits per heavy atom. The van der Waals surface area contributed by atoms with Crippen LogP contribution in [-0.2, 0) is 0 Å². The molecule has 0 saturated carbocycles. The van der Waals surface area contributed by atoms with E-state index in [1.807, 2.05) is 6.07 Å². The number of aromatic nitrogens is 4. The smallest absolute Gasteiger partial charge is 0.164 e. The molecule has 79 heavy (non-hydrogen) atoms. The fourth-order valence-corrected chi connectivity index (χ4v) is 11.1. The number of hydrogen-bond acceptors (Lipinski definition) is 3. The lowest BCUT2D eigenvalue weighted by Gasteiger charge is -2.21. The maximum Gasteiger partial charge on any atom is 0.164 e. The molecule has 14 rings (SSSR count). The summed E-state index contributed by atoms with van der Waals surface area (Å²) in [4.78, 5) is 16.5. The average Bonchev–Trinajstić information content (AvgIpc) is 4.00. The Kier molecular flexibility index (Phi) is 12.2. The van der Waals surface area contributed by atoms with E-state index in [4.69, 9.17) is 15.0 Å². The average molecular weight is 1010 g/mol. The maximum absolute atomic E-state index is 5.57. The van der Waals surface area contributed by atoms with E-state index < -0.39 is 0 Å². The zero-order chi connectivity index (χ0) is 52.5. The van der Waals surface area contributed by atoms with Crippen molar-refractivity contribution in [2.75, 3.05) is 0 Å². The van der Waals surface area contributed by atoms with E-state index in [0.29, 0.717) is 17.5 Å². The van der Waals surface area contributed by atoms with Crippen molar-refractivity contribution >= 4 is 21.8 Å². The molecular weight excluding hydrogens is 957 g/mol. The van der Waals surface area contributed by atoms with Gasteiger partial charge in [-0.05, 0) is 109 Å². The highest BCUT2D eigenvalue weighted by Gasteiger charge is 2.24. The molecule has 0 spiro atoms. The van der Waals surface area contributed by atoms with E-state index in [2.05, 4.69) is 302 Å². The minimum atomic E-state index is 0.566. The molecule has 0 aliphatic heterocycles. The standard InChI is InChI=1S/C75H50N4/c1-6-20-51(21-7-1)56-34-40-59(41-35-56)68-49-65(50-69(60-42-36-57(37-43-60)52-22-8-2-9-23-52)72(68)79-70-32-18-16-30-66(70)67-31-17-19-33-71(67)79)75-77-73(61-44-38-58(39-45-61)53-24-10-3-11-25-53)76-74(78-75)64-47-62(54-26-12-4-13-27-54)46-63(48-64)55-28-14-5-15-29-55/h1-50H. The summed E-state index contributed by atoms with van der Waals surface area (Å²) in [7, 11) is 0. The first-order valence-electron chi connectivity index (χ1n) is 26.8. The van der Waals surface area contributed by atoms with Crippen LogP contribution in [0.2, 0.25) is 0 Å². The van der Waals surface area contributed by atoms with E-state index in [1.165, 1.54) is 21.9 Å². The second-order valence-corrected chi connectivity index (χ2v) is 20.0. The predicted octanol–water partition coefficient (Wildman–Crippen LogP) is 19.6. The molecule has 0 unspecified atom stereocenters. The van der Waals surface area contributed by atoms with Crippen LogP contribution in [0.15, 0.2) is 303 Å². The van der Waals surface area contributed by atoms with Crippen molar-refractivity contribution in [2.24, 2.45) is 0 Å². The Hall–Kier alpha value is -10.6. The van der Waals surface area contributed by atoms with Crippen LogP contribution in [0.1, 0.15) is 0 Å². The molecule has 2 aromatic heterocycles. The number of nitrogens with zero attached hydrogens (tertiary/aromatic N) is 4. The van der Waals surface area contributed by atoms with Crippen molar-refractivity contribution in [3.8, 4) is 118 Å². The van der Waals surface area contributed by atoms with Crippen molar-refractivity contribution in [1.29, 1.82) is 0 Å². The quantitative estimate of drug-likeness (QED) is 0.130. The molecular formula is C75H50N4. The number of para-hydroxylation sites is 2. The van der Waals surface area contributed by atoms with Gasteiger partial charge < -0.3 is 4.57 Å². The molecule has 0 N–H and O–H groups in total. The lowest BCUT2D eigenvalue weighted by Crippen LogP contribution is -2.04. The van der Waals surface area contributed by atoms with E-state index in [0.717, 1.165) is 100 Å². The second-order valence-electron chi connectivity index (χ2n) is 20.0. The van der Waals surface area contributed by atoms with Gasteiger partial charge in [-0.15, -0.1) is 0 Å². The van der Waals surface area contributed by atoms with Crippen LogP contribution in [0.25, 0.3) is 140 Å². The monoisotopic (exact) mass is 1010 g/mol. The van der Waals surface area contributed by atoms with Gasteiger partial charge >= 0.3 is 0 Å². The molecule has 4 nitrogen and oxygen atoms in total. The SMILES string of the molecule is c1ccc(-c2ccc(-c3nc(-c4cc(-c5ccccc5)cc(-c5ccccc5)c4)nc(-c4cc(-c5ccc(-c6ccccc6)cc5)c(-n5c6ccccc6c6ccccc65)c(-c5ccc(-c6ccccc6)cc5)c4)n3)cc2)cc1. The Labute approximate surface area is 460 Å². The lowest BCUT2D eigenvalue weighted by atomic mass is 9.91. The first kappa shape index (κ1) is 46.9. The summed E-state index contributed by atoms with van der Waals surface area (Å²) in [6.45, 7) is 0. The second kappa shape index (κ2) is 20.5. The Bertz CT molecular complexity index is 4250. The molecule has 0 radical (unpaired) electrons. The van der Waals surface area contributed by atoms with Crippen LogP contribution in [0.5, 0.6) is 0 Å². The van der Waals surface area contributed by atoms with Gasteiger partial charge in [-0.2, -0.15) is 0 Å². The van der Waals surface area contributed by atoms with Crippen LogP contribution in [0.3, 0.4) is 0 Å². The zero-order valence-electron chi connectivity index (χ0n) is 43.2. The van der Waals surface area contributed by atoms with E-state index >= 15 is 0 Å². The topological polar surface area (TPSA) is 43.6 Å². The summed E-state index contributed by atoms with van der Waals surface area (Å²) in [5.41, 5.74) is 21.4. The molecule has 14 aromatic rings. The predicted molar refractivity (Wildman–Crippen MR) is 329 cm³/mol. The van der Waals surface area contributed by atoms with Crippen molar-refractivity contribution in [1.82, 2.24) is 19.5 Å². The highest BCUT2D eigenvalue weighted by atomic mass is 15.0. The van der Waals surface area contributed by atoms with Gasteiger partial charge in [0.05, 0.1) is 16.7 Å². The largest absolute Gasteiger partial charge is 0.308 e. The summed E-state index contributed by atoms with van der Waals surface area (Å²) in [6, 6.07) is 108. The molecule has 0 bridgehead atoms. The number of rotatable bonds is 11. The van der Waals surface area contributed by atoms with Gasteiger partial charge in [-0.1, -0.05) is 261 Å². The highest BCUT2D eigenvalue weighted by molar-refractivity contribution is 6.11. The Morgan fingerprint density at radius 2 is 0.443 bits per heavy atom. The van der Waals surface area contributed by atoms with Gasteiger partial charge in [0.1, 0.15) is 0 Å². The van der Waals surface area contributed by atoms with Crippen molar-refractivity contribution in [2.45, 2.75) is 0 Å². The van der Waals surface area contributed by atoms with Crippen molar-refractivity contribution in [3.63, 3.8) is 0 Å². The first-order chi connectivity index (χ1) is 39.1. The van der Waals surface area contributed by atoms with Gasteiger partial charge in [0, 0.05) is 38.6 Å². The number of benzene rings is 12. The Balaban J connectivity index is 1.05. The highest BCUT2D eigenvalue weighted by Crippen LogP contribution is 2.45. The minimum Gasteiger partial charge on any atom is -0.308 e. The van der Waals surface area contributed by atoms with Gasteiger partial charge in [0.25, 0.3) is 0 Å². The molecule has 12 aromatic carbocycles. The molecule has 0 aliphatic rings. The normalized spacial score (nSPS) is 11.3. The van der Waals surface area contributed by atoms with Gasteiger partial charge in [-0.25, -0.2) is 15.0 Å². The van der Waals surface area contributed by atoms with Crippen LogP contribution in [0.4, 0.5) is 0 Å². The van der Waals surface area contributed by atoms with Gasteiger partial charge in [0.2, 0.25) is 0 Å². The molecule has 0 amide bonds. The Morgan fingerprint density at radius 3 is 0.810 bits per heavy atom. The van der Waals surface area contributed by atoms with Gasteiger partial charge in [0.15, 0.2) is 17.5 Å². The molecule has 0 fully saturated rings. The summed E-state index contributed by atoms with van der Waals surface area (Å²) in [5.74, 6) is 1.73. The molecule has 2 heterocycles. The van der Waals surface area contributed by atoms with Crippen LogP contribution < -0.4 is 0 Å². The summed E-state index contributed by atoms with van der Waals surface area (Å²) in [5, 5.41) is 2.38. The first-order valence-corrected chi connectivity index (χ1v) is 26.8. The number of hydrogen-bond donors (Lipinski definition) is 0. The third kappa shape index (κ3) is 9.18. The maximum atomic E-state index is 5.57. The molecule has 370 valence electrons. The van der Waals surface area contributed by atoms with Crippen LogP contribution in [-0.4, -0.2) is 19.5 Å². The fraction of sp³-hybridized carbons (Fsp3) is 0. The number of fused-ring (bicyclic) bond motifs is 3. The van der Waals surface area contributed by atoms with E-state index in [9.17, 15) is 0 Å². The summed E-state index contributed by atoms with van der Waals surface area (Å²) < 4.78 is 2.47. The third-order valence-electron chi connectivity index (χ3n) is 15.1. The van der Waals surface area contributed by atoms with E-state index in [1.54, 1.807) is 0 Å². The van der Waals surface area contributed by atoms with Crippen LogP contribution in [0, 0.1) is 0 Å².